The smallest absolute Gasteiger partial charge is 0.327 e. The van der Waals surface area contributed by atoms with Crippen molar-refractivity contribution in [2.75, 3.05) is 12.8 Å². The van der Waals surface area contributed by atoms with Crippen LogP contribution in [-0.4, -0.2) is 13.1 Å². The topological polar surface area (TPSA) is 78.3 Å². The lowest BCUT2D eigenvalue weighted by atomic mass is 10.1. The van der Waals surface area contributed by atoms with Gasteiger partial charge in [-0.3, -0.25) is 4.79 Å². The van der Waals surface area contributed by atoms with Crippen molar-refractivity contribution < 1.29 is 9.53 Å². The molecule has 0 fully saturated rings. The van der Waals surface area contributed by atoms with Crippen molar-refractivity contribution in [1.29, 1.82) is 0 Å². The van der Waals surface area contributed by atoms with E-state index < -0.39 is 12.0 Å². The van der Waals surface area contributed by atoms with Crippen LogP contribution in [0.3, 0.4) is 0 Å². The Hall–Kier alpha value is -1.26. The SMILES string of the molecule is COC(=O)C(N)c1cc(Cl)ccc1N. The predicted octanol–water partition coefficient (Wildman–Crippen LogP) is 1.09. The van der Waals surface area contributed by atoms with Crippen molar-refractivity contribution in [1.82, 2.24) is 0 Å². The second kappa shape index (κ2) is 4.30. The highest BCUT2D eigenvalue weighted by Crippen LogP contribution is 2.23. The molecule has 4 nitrogen and oxygen atoms in total. The van der Waals surface area contributed by atoms with E-state index in [1.54, 1.807) is 18.2 Å². The molecule has 1 rings (SSSR count). The largest absolute Gasteiger partial charge is 0.468 e. The zero-order valence-corrected chi connectivity index (χ0v) is 8.41. The highest BCUT2D eigenvalue weighted by Gasteiger charge is 2.18. The van der Waals surface area contributed by atoms with Gasteiger partial charge in [-0.25, -0.2) is 0 Å². The molecule has 0 saturated carbocycles. The zero-order valence-electron chi connectivity index (χ0n) is 7.66. The van der Waals surface area contributed by atoms with E-state index in [0.29, 0.717) is 16.3 Å². The highest BCUT2D eigenvalue weighted by atomic mass is 35.5. The number of hydrogen-bond acceptors (Lipinski definition) is 4. The van der Waals surface area contributed by atoms with Crippen molar-refractivity contribution in [3.05, 3.63) is 28.8 Å². The Labute approximate surface area is 86.8 Å². The molecule has 0 bridgehead atoms. The van der Waals surface area contributed by atoms with Gasteiger partial charge in [0.25, 0.3) is 0 Å². The second-order valence-corrected chi connectivity index (χ2v) is 3.21. The Bertz CT molecular complexity index is 355. The third-order valence-electron chi connectivity index (χ3n) is 1.84. The molecular weight excluding hydrogens is 204 g/mol. The molecule has 14 heavy (non-hydrogen) atoms. The molecule has 76 valence electrons. The van der Waals surface area contributed by atoms with Crippen LogP contribution >= 0.6 is 11.6 Å². The van der Waals surface area contributed by atoms with Gasteiger partial charge in [0.1, 0.15) is 6.04 Å². The van der Waals surface area contributed by atoms with Gasteiger partial charge in [-0.1, -0.05) is 11.6 Å². The quantitative estimate of drug-likeness (QED) is 0.571. The van der Waals surface area contributed by atoms with Crippen LogP contribution in [0.1, 0.15) is 11.6 Å². The van der Waals surface area contributed by atoms with Crippen LogP contribution in [0.2, 0.25) is 5.02 Å². The number of halogens is 1. The molecule has 1 aromatic carbocycles. The lowest BCUT2D eigenvalue weighted by Crippen LogP contribution is -2.23. The minimum absolute atomic E-state index is 0.423. The molecule has 0 aliphatic rings. The number of ether oxygens (including phenoxy) is 1. The van der Waals surface area contributed by atoms with Crippen molar-refractivity contribution >= 4 is 23.3 Å². The van der Waals surface area contributed by atoms with Crippen molar-refractivity contribution in [2.24, 2.45) is 5.73 Å². The van der Waals surface area contributed by atoms with Gasteiger partial charge in [0.2, 0.25) is 0 Å². The Morgan fingerprint density at radius 2 is 2.21 bits per heavy atom. The summed E-state index contributed by atoms with van der Waals surface area (Å²) in [6.45, 7) is 0. The van der Waals surface area contributed by atoms with Crippen LogP contribution in [0.4, 0.5) is 5.69 Å². The first-order valence-electron chi connectivity index (χ1n) is 3.94. The van der Waals surface area contributed by atoms with E-state index in [1.807, 2.05) is 0 Å². The first-order valence-corrected chi connectivity index (χ1v) is 4.32. The molecule has 0 aliphatic heterocycles. The Balaban J connectivity index is 3.05. The number of nitrogens with two attached hydrogens (primary N) is 2. The Kier molecular flexibility index (Phi) is 3.33. The molecule has 0 spiro atoms. The summed E-state index contributed by atoms with van der Waals surface area (Å²) in [5.74, 6) is -0.543. The molecule has 1 aromatic rings. The highest BCUT2D eigenvalue weighted by molar-refractivity contribution is 6.30. The van der Waals surface area contributed by atoms with E-state index in [4.69, 9.17) is 23.1 Å². The first-order chi connectivity index (χ1) is 6.56. The van der Waals surface area contributed by atoms with Gasteiger partial charge in [-0.05, 0) is 18.2 Å². The Morgan fingerprint density at radius 1 is 1.57 bits per heavy atom. The van der Waals surface area contributed by atoms with Crippen molar-refractivity contribution in [3.63, 3.8) is 0 Å². The van der Waals surface area contributed by atoms with E-state index in [9.17, 15) is 4.79 Å². The minimum Gasteiger partial charge on any atom is -0.468 e. The third kappa shape index (κ3) is 2.16. The maximum atomic E-state index is 11.1. The lowest BCUT2D eigenvalue weighted by molar-refractivity contribution is -0.142. The van der Waals surface area contributed by atoms with E-state index in [2.05, 4.69) is 4.74 Å². The number of carbonyl (C=O) groups is 1. The van der Waals surface area contributed by atoms with E-state index in [1.165, 1.54) is 7.11 Å². The molecule has 1 unspecified atom stereocenters. The Morgan fingerprint density at radius 3 is 2.79 bits per heavy atom. The number of rotatable bonds is 2. The second-order valence-electron chi connectivity index (χ2n) is 2.77. The monoisotopic (exact) mass is 214 g/mol. The number of hydrogen-bond donors (Lipinski definition) is 2. The number of carbonyl (C=O) groups excluding carboxylic acids is 1. The van der Waals surface area contributed by atoms with Crippen LogP contribution in [-0.2, 0) is 9.53 Å². The van der Waals surface area contributed by atoms with Gasteiger partial charge in [0, 0.05) is 16.3 Å². The van der Waals surface area contributed by atoms with Crippen LogP contribution in [0.15, 0.2) is 18.2 Å². The zero-order chi connectivity index (χ0) is 10.7. The number of anilines is 1. The summed E-state index contributed by atoms with van der Waals surface area (Å²) < 4.78 is 4.50. The van der Waals surface area contributed by atoms with Gasteiger partial charge in [-0.15, -0.1) is 0 Å². The fourth-order valence-electron chi connectivity index (χ4n) is 1.07. The van der Waals surface area contributed by atoms with Gasteiger partial charge in [0.15, 0.2) is 0 Å². The molecule has 0 heterocycles. The van der Waals surface area contributed by atoms with Crippen molar-refractivity contribution in [2.45, 2.75) is 6.04 Å². The summed E-state index contributed by atoms with van der Waals surface area (Å²) in [6, 6.07) is 3.89. The van der Waals surface area contributed by atoms with Crippen LogP contribution in [0, 0.1) is 0 Å². The average molecular weight is 215 g/mol. The third-order valence-corrected chi connectivity index (χ3v) is 2.07. The maximum Gasteiger partial charge on any atom is 0.327 e. The number of methoxy groups -OCH3 is 1. The summed E-state index contributed by atoms with van der Waals surface area (Å²) in [6.07, 6.45) is 0. The number of benzene rings is 1. The van der Waals surface area contributed by atoms with Crippen molar-refractivity contribution in [3.8, 4) is 0 Å². The van der Waals surface area contributed by atoms with Gasteiger partial charge in [0.05, 0.1) is 7.11 Å². The van der Waals surface area contributed by atoms with Gasteiger partial charge >= 0.3 is 5.97 Å². The molecule has 0 saturated heterocycles. The van der Waals surface area contributed by atoms with Gasteiger partial charge in [-0.2, -0.15) is 0 Å². The maximum absolute atomic E-state index is 11.1. The summed E-state index contributed by atoms with van der Waals surface area (Å²) in [5.41, 5.74) is 12.1. The molecule has 0 amide bonds. The molecule has 0 aliphatic carbocycles. The fourth-order valence-corrected chi connectivity index (χ4v) is 1.25. The van der Waals surface area contributed by atoms with E-state index in [0.717, 1.165) is 0 Å². The van der Waals surface area contributed by atoms with E-state index >= 15 is 0 Å². The number of nitrogen functional groups attached to an aromatic ring is 1. The van der Waals surface area contributed by atoms with Crippen LogP contribution in [0.25, 0.3) is 0 Å². The lowest BCUT2D eigenvalue weighted by Gasteiger charge is -2.12. The van der Waals surface area contributed by atoms with Crippen LogP contribution < -0.4 is 11.5 Å². The first kappa shape index (κ1) is 10.8. The van der Waals surface area contributed by atoms with Crippen LogP contribution in [0.5, 0.6) is 0 Å². The fraction of sp³-hybridized carbons (Fsp3) is 0.222. The molecule has 1 atom stereocenters. The minimum atomic E-state index is -0.890. The molecule has 0 aromatic heterocycles. The summed E-state index contributed by atoms with van der Waals surface area (Å²) in [5, 5.41) is 0.480. The van der Waals surface area contributed by atoms with Gasteiger partial charge < -0.3 is 16.2 Å². The normalized spacial score (nSPS) is 12.2. The van der Waals surface area contributed by atoms with E-state index in [-0.39, 0.29) is 0 Å². The molecule has 4 N–H and O–H groups in total. The number of esters is 1. The molecular formula is C9H11ClN2O2. The average Bonchev–Trinajstić information content (AvgIpc) is 2.19. The standard InChI is InChI=1S/C9H11ClN2O2/c1-14-9(13)8(12)6-4-5(10)2-3-7(6)11/h2-4,8H,11-12H2,1H3. The molecule has 5 heteroatoms. The summed E-state index contributed by atoms with van der Waals surface area (Å²) in [7, 11) is 1.27. The predicted molar refractivity (Wildman–Crippen MR) is 54.8 cm³/mol. The molecule has 0 radical (unpaired) electrons. The summed E-state index contributed by atoms with van der Waals surface area (Å²) >= 11 is 5.75. The summed E-state index contributed by atoms with van der Waals surface area (Å²) in [4.78, 5) is 11.1.